The Kier molecular flexibility index (Phi) is 2.06. The molecule has 0 N–H and O–H groups in total. The molecule has 0 aromatic rings. The Labute approximate surface area is 55.2 Å². The number of ether oxygens (including phenoxy) is 1. The van der Waals surface area contributed by atoms with Crippen LogP contribution in [0.15, 0.2) is 0 Å². The molecular formula is C7H13FO. The van der Waals surface area contributed by atoms with Crippen LogP contribution in [0, 0.1) is 11.8 Å². The monoisotopic (exact) mass is 132 g/mol. The van der Waals surface area contributed by atoms with Gasteiger partial charge < -0.3 is 4.74 Å². The Balaban J connectivity index is 2.40. The third kappa shape index (κ3) is 1.42. The van der Waals surface area contributed by atoms with Crippen LogP contribution in [0.1, 0.15) is 13.8 Å². The van der Waals surface area contributed by atoms with Gasteiger partial charge in [-0.15, -0.1) is 0 Å². The van der Waals surface area contributed by atoms with Crippen LogP contribution in [0.5, 0.6) is 0 Å². The van der Waals surface area contributed by atoms with Gasteiger partial charge in [0.25, 0.3) is 0 Å². The molecule has 54 valence electrons. The second-order valence-electron chi connectivity index (χ2n) is 2.96. The van der Waals surface area contributed by atoms with Gasteiger partial charge in [-0.1, -0.05) is 13.8 Å². The van der Waals surface area contributed by atoms with E-state index in [9.17, 15) is 4.39 Å². The topological polar surface area (TPSA) is 9.23 Å². The first kappa shape index (κ1) is 7.00. The smallest absolute Gasteiger partial charge is 0.129 e. The van der Waals surface area contributed by atoms with Gasteiger partial charge in [0, 0.05) is 5.92 Å². The summed E-state index contributed by atoms with van der Waals surface area (Å²) in [7, 11) is 0. The van der Waals surface area contributed by atoms with Crippen molar-refractivity contribution in [1.82, 2.24) is 0 Å². The maximum Gasteiger partial charge on any atom is 0.129 e. The summed E-state index contributed by atoms with van der Waals surface area (Å²) >= 11 is 0. The number of alkyl halides is 1. The highest BCUT2D eigenvalue weighted by Gasteiger charge is 2.29. The van der Waals surface area contributed by atoms with Gasteiger partial charge in [0.1, 0.15) is 6.17 Å². The maximum absolute atomic E-state index is 12.7. The molecule has 1 fully saturated rings. The maximum atomic E-state index is 12.7. The molecule has 0 aromatic heterocycles. The molecule has 0 amide bonds. The van der Waals surface area contributed by atoms with Crippen LogP contribution < -0.4 is 0 Å². The van der Waals surface area contributed by atoms with Crippen molar-refractivity contribution in [3.8, 4) is 0 Å². The van der Waals surface area contributed by atoms with Crippen molar-refractivity contribution in [2.45, 2.75) is 20.0 Å². The minimum absolute atomic E-state index is 0.144. The summed E-state index contributed by atoms with van der Waals surface area (Å²) in [6.45, 7) is 4.99. The van der Waals surface area contributed by atoms with Crippen LogP contribution in [0.3, 0.4) is 0 Å². The largest absolute Gasteiger partial charge is 0.378 e. The highest BCUT2D eigenvalue weighted by Crippen LogP contribution is 2.23. The van der Waals surface area contributed by atoms with E-state index in [4.69, 9.17) is 4.74 Å². The second-order valence-corrected chi connectivity index (χ2v) is 2.96. The fourth-order valence-electron chi connectivity index (χ4n) is 1.15. The first-order chi connectivity index (χ1) is 4.22. The lowest BCUT2D eigenvalue weighted by Crippen LogP contribution is -2.18. The fraction of sp³-hybridized carbons (Fsp3) is 1.00. The lowest BCUT2D eigenvalue weighted by atomic mass is 9.94. The minimum atomic E-state index is -0.718. The molecule has 1 nitrogen and oxygen atoms in total. The molecule has 0 spiro atoms. The fourth-order valence-corrected chi connectivity index (χ4v) is 1.15. The molecule has 0 unspecified atom stereocenters. The summed E-state index contributed by atoms with van der Waals surface area (Å²) < 4.78 is 17.7. The van der Waals surface area contributed by atoms with Crippen LogP contribution in [0.2, 0.25) is 0 Å². The lowest BCUT2D eigenvalue weighted by molar-refractivity contribution is 0.170. The van der Waals surface area contributed by atoms with E-state index in [1.54, 1.807) is 0 Å². The van der Waals surface area contributed by atoms with Crippen LogP contribution in [0.4, 0.5) is 4.39 Å². The van der Waals surface area contributed by atoms with Gasteiger partial charge in [0.15, 0.2) is 0 Å². The summed E-state index contributed by atoms with van der Waals surface area (Å²) in [5.74, 6) is 0.562. The van der Waals surface area contributed by atoms with E-state index in [-0.39, 0.29) is 5.92 Å². The van der Waals surface area contributed by atoms with Crippen molar-refractivity contribution < 1.29 is 9.13 Å². The molecule has 2 atom stereocenters. The molecule has 1 aliphatic rings. The molecule has 9 heavy (non-hydrogen) atoms. The van der Waals surface area contributed by atoms with Gasteiger partial charge in [0.05, 0.1) is 13.2 Å². The highest BCUT2D eigenvalue weighted by molar-refractivity contribution is 4.76. The van der Waals surface area contributed by atoms with Crippen LogP contribution in [-0.4, -0.2) is 19.4 Å². The molecule has 1 rings (SSSR count). The molecule has 0 aromatic carbocycles. The summed E-state index contributed by atoms with van der Waals surface area (Å²) in [5, 5.41) is 0. The predicted octanol–water partition coefficient (Wildman–Crippen LogP) is 1.63. The zero-order valence-corrected chi connectivity index (χ0v) is 5.93. The van der Waals surface area contributed by atoms with Gasteiger partial charge in [0.2, 0.25) is 0 Å². The van der Waals surface area contributed by atoms with E-state index in [0.29, 0.717) is 19.1 Å². The van der Waals surface area contributed by atoms with Crippen molar-refractivity contribution >= 4 is 0 Å². The third-order valence-corrected chi connectivity index (χ3v) is 1.91. The van der Waals surface area contributed by atoms with E-state index in [1.807, 2.05) is 13.8 Å². The molecule has 0 bridgehead atoms. The second kappa shape index (κ2) is 2.65. The Morgan fingerprint density at radius 3 is 2.33 bits per heavy atom. The first-order valence-corrected chi connectivity index (χ1v) is 3.43. The van der Waals surface area contributed by atoms with Crippen LogP contribution >= 0.6 is 0 Å². The van der Waals surface area contributed by atoms with E-state index in [0.717, 1.165) is 0 Å². The number of halogens is 1. The summed E-state index contributed by atoms with van der Waals surface area (Å²) in [6.07, 6.45) is -0.718. The van der Waals surface area contributed by atoms with Crippen molar-refractivity contribution in [2.24, 2.45) is 11.8 Å². The van der Waals surface area contributed by atoms with Crippen molar-refractivity contribution in [2.75, 3.05) is 13.2 Å². The SMILES string of the molecule is CC(C)[C@H]1COC[C@H]1F. The van der Waals surface area contributed by atoms with Crippen LogP contribution in [0.25, 0.3) is 0 Å². The average Bonchev–Trinajstić information content (AvgIpc) is 2.13. The lowest BCUT2D eigenvalue weighted by Gasteiger charge is -2.13. The minimum Gasteiger partial charge on any atom is -0.378 e. The number of hydrogen-bond donors (Lipinski definition) is 0. The molecule has 1 saturated heterocycles. The average molecular weight is 132 g/mol. The Morgan fingerprint density at radius 2 is 2.11 bits per heavy atom. The Bertz CT molecular complexity index is 92.9. The standard InChI is InChI=1S/C7H13FO/c1-5(2)6-3-9-4-7(6)8/h5-7H,3-4H2,1-2H3/t6-,7-/m1/s1. The third-order valence-electron chi connectivity index (χ3n) is 1.91. The number of rotatable bonds is 1. The molecule has 2 heteroatoms. The summed E-state index contributed by atoms with van der Waals surface area (Å²) in [4.78, 5) is 0. The van der Waals surface area contributed by atoms with E-state index < -0.39 is 6.17 Å². The molecule has 1 aliphatic heterocycles. The predicted molar refractivity (Wildman–Crippen MR) is 34.0 cm³/mol. The van der Waals surface area contributed by atoms with Crippen LogP contribution in [-0.2, 0) is 4.74 Å². The molecule has 0 aliphatic carbocycles. The van der Waals surface area contributed by atoms with Gasteiger partial charge in [-0.2, -0.15) is 0 Å². The highest BCUT2D eigenvalue weighted by atomic mass is 19.1. The van der Waals surface area contributed by atoms with E-state index in [1.165, 1.54) is 0 Å². The molecule has 0 radical (unpaired) electrons. The Hall–Kier alpha value is -0.110. The normalized spacial score (nSPS) is 36.0. The van der Waals surface area contributed by atoms with Crippen molar-refractivity contribution in [3.05, 3.63) is 0 Å². The molecular weight excluding hydrogens is 119 g/mol. The Morgan fingerprint density at radius 1 is 1.44 bits per heavy atom. The number of hydrogen-bond acceptors (Lipinski definition) is 1. The zero-order chi connectivity index (χ0) is 6.85. The molecule has 1 heterocycles. The zero-order valence-electron chi connectivity index (χ0n) is 5.93. The first-order valence-electron chi connectivity index (χ1n) is 3.43. The van der Waals surface area contributed by atoms with Gasteiger partial charge >= 0.3 is 0 Å². The quantitative estimate of drug-likeness (QED) is 0.527. The van der Waals surface area contributed by atoms with E-state index >= 15 is 0 Å². The van der Waals surface area contributed by atoms with E-state index in [2.05, 4.69) is 0 Å². The summed E-state index contributed by atoms with van der Waals surface area (Å²) in [6, 6.07) is 0. The van der Waals surface area contributed by atoms with Crippen molar-refractivity contribution in [1.29, 1.82) is 0 Å². The van der Waals surface area contributed by atoms with Gasteiger partial charge in [-0.25, -0.2) is 4.39 Å². The van der Waals surface area contributed by atoms with Gasteiger partial charge in [-0.05, 0) is 5.92 Å². The van der Waals surface area contributed by atoms with Gasteiger partial charge in [-0.3, -0.25) is 0 Å². The summed E-state index contributed by atoms with van der Waals surface area (Å²) in [5.41, 5.74) is 0. The molecule has 0 saturated carbocycles. The van der Waals surface area contributed by atoms with Crippen molar-refractivity contribution in [3.63, 3.8) is 0 Å².